The first kappa shape index (κ1) is 25.8. The lowest BCUT2D eigenvalue weighted by atomic mass is 10.0. The van der Waals surface area contributed by atoms with E-state index in [0.717, 1.165) is 80.3 Å². The molecule has 38 heavy (non-hydrogen) atoms. The number of ether oxygens (including phenoxy) is 2. The Morgan fingerprint density at radius 3 is 2.55 bits per heavy atom. The van der Waals surface area contributed by atoms with E-state index in [2.05, 4.69) is 31.8 Å². The topological polar surface area (TPSA) is 59.0 Å². The molecule has 200 valence electrons. The third-order valence-corrected chi connectivity index (χ3v) is 8.36. The minimum atomic E-state index is -0.168. The van der Waals surface area contributed by atoms with Gasteiger partial charge in [0.2, 0.25) is 0 Å². The third-order valence-electron chi connectivity index (χ3n) is 7.67. The number of rotatable bonds is 7. The molecule has 1 N–H and O–H groups in total. The first-order chi connectivity index (χ1) is 18.5. The van der Waals surface area contributed by atoms with E-state index >= 15 is 0 Å². The number of amides is 1. The molecular weight excluding hydrogens is 520 g/mol. The maximum Gasteiger partial charge on any atom is 0.254 e. The Balaban J connectivity index is 1.33. The minimum Gasteiger partial charge on any atom is -0.485 e. The van der Waals surface area contributed by atoms with Crippen LogP contribution in [0.3, 0.4) is 0 Å². The van der Waals surface area contributed by atoms with Gasteiger partial charge in [0.1, 0.15) is 11.9 Å². The Morgan fingerprint density at radius 1 is 1.03 bits per heavy atom. The fourth-order valence-electron chi connectivity index (χ4n) is 5.73. The molecule has 0 bridgehead atoms. The standard InChI is InChI=1S/C29H33ClN4O3S/c30-22-5-3-20(4-6-22)15-31-29(35)25-19-34-18-23(17-32-7-1-2-8-32)37-26-14-21(13-24(27(26)34)28(25)38)16-33-9-11-36-12-10-33/h3-6,13-14,19,23H,1-2,7-12,15-18H2,(H,31,35). The first-order valence-corrected chi connectivity index (χ1v) is 14.2. The zero-order valence-electron chi connectivity index (χ0n) is 21.5. The molecule has 3 aliphatic heterocycles. The monoisotopic (exact) mass is 552 g/mol. The Bertz CT molecular complexity index is 1380. The molecule has 2 saturated heterocycles. The van der Waals surface area contributed by atoms with Crippen molar-refractivity contribution >= 4 is 40.6 Å². The summed E-state index contributed by atoms with van der Waals surface area (Å²) >= 11 is 11.9. The van der Waals surface area contributed by atoms with E-state index in [1.54, 1.807) is 0 Å². The number of likely N-dealkylation sites (tertiary alicyclic amines) is 1. The summed E-state index contributed by atoms with van der Waals surface area (Å²) in [6.07, 6.45) is 4.43. The van der Waals surface area contributed by atoms with Gasteiger partial charge in [-0.1, -0.05) is 36.0 Å². The number of morpholine rings is 1. The van der Waals surface area contributed by atoms with Gasteiger partial charge < -0.3 is 19.4 Å². The van der Waals surface area contributed by atoms with Gasteiger partial charge in [0.25, 0.3) is 5.91 Å². The van der Waals surface area contributed by atoms with E-state index in [4.69, 9.17) is 33.3 Å². The second kappa shape index (κ2) is 11.3. The van der Waals surface area contributed by atoms with Gasteiger partial charge in [-0.05, 0) is 61.3 Å². The molecule has 3 aromatic rings. The van der Waals surface area contributed by atoms with Crippen LogP contribution in [0.2, 0.25) is 5.02 Å². The number of carbonyl (C=O) groups excluding carboxylic acids is 1. The molecule has 4 heterocycles. The number of benzene rings is 2. The Hall–Kier alpha value is -2.49. The van der Waals surface area contributed by atoms with Crippen LogP contribution >= 0.6 is 23.8 Å². The summed E-state index contributed by atoms with van der Waals surface area (Å²) in [5.74, 6) is 0.693. The number of aromatic nitrogens is 1. The summed E-state index contributed by atoms with van der Waals surface area (Å²) in [6, 6.07) is 11.8. The van der Waals surface area contributed by atoms with E-state index in [9.17, 15) is 4.79 Å². The van der Waals surface area contributed by atoms with Crippen LogP contribution in [0.15, 0.2) is 42.6 Å². The first-order valence-electron chi connectivity index (χ1n) is 13.5. The number of nitrogens with zero attached hydrogens (tertiary/aromatic N) is 3. The smallest absolute Gasteiger partial charge is 0.254 e. The number of carbonyl (C=O) groups is 1. The molecule has 7 nitrogen and oxygen atoms in total. The summed E-state index contributed by atoms with van der Waals surface area (Å²) in [7, 11) is 0. The zero-order chi connectivity index (χ0) is 26.1. The highest BCUT2D eigenvalue weighted by Gasteiger charge is 2.27. The number of pyridine rings is 1. The highest BCUT2D eigenvalue weighted by molar-refractivity contribution is 7.71. The van der Waals surface area contributed by atoms with Crippen molar-refractivity contribution in [2.24, 2.45) is 0 Å². The maximum absolute atomic E-state index is 13.4. The molecule has 3 aliphatic rings. The highest BCUT2D eigenvalue weighted by Crippen LogP contribution is 2.35. The van der Waals surface area contributed by atoms with Crippen LogP contribution in [0.4, 0.5) is 0 Å². The Labute approximate surface area is 233 Å². The maximum atomic E-state index is 13.4. The van der Waals surface area contributed by atoms with E-state index in [-0.39, 0.29) is 12.0 Å². The van der Waals surface area contributed by atoms with E-state index < -0.39 is 0 Å². The van der Waals surface area contributed by atoms with Gasteiger partial charge in [-0.3, -0.25) is 14.6 Å². The molecular formula is C29H33ClN4O3S. The van der Waals surface area contributed by atoms with Gasteiger partial charge in [0.15, 0.2) is 0 Å². The Morgan fingerprint density at radius 2 is 1.79 bits per heavy atom. The van der Waals surface area contributed by atoms with Crippen LogP contribution in [0.5, 0.6) is 5.75 Å². The molecule has 0 radical (unpaired) electrons. The van der Waals surface area contributed by atoms with Crippen LogP contribution in [0.1, 0.15) is 34.3 Å². The van der Waals surface area contributed by atoms with Gasteiger partial charge >= 0.3 is 0 Å². The number of halogens is 1. The van der Waals surface area contributed by atoms with Crippen LogP contribution in [-0.2, 0) is 24.4 Å². The quantitative estimate of drug-likeness (QED) is 0.431. The average Bonchev–Trinajstić information content (AvgIpc) is 3.43. The van der Waals surface area contributed by atoms with E-state index in [0.29, 0.717) is 28.2 Å². The molecule has 2 aromatic carbocycles. The van der Waals surface area contributed by atoms with E-state index in [1.165, 1.54) is 12.8 Å². The van der Waals surface area contributed by atoms with Crippen molar-refractivity contribution in [2.45, 2.75) is 38.6 Å². The largest absolute Gasteiger partial charge is 0.485 e. The lowest BCUT2D eigenvalue weighted by Gasteiger charge is -2.32. The Kier molecular flexibility index (Phi) is 7.68. The summed E-state index contributed by atoms with van der Waals surface area (Å²) in [5.41, 5.74) is 3.63. The molecule has 6 rings (SSSR count). The van der Waals surface area contributed by atoms with Gasteiger partial charge in [-0.25, -0.2) is 0 Å². The van der Waals surface area contributed by atoms with Crippen molar-refractivity contribution in [1.29, 1.82) is 0 Å². The number of nitrogens with one attached hydrogen (secondary N) is 1. The van der Waals surface area contributed by atoms with Crippen molar-refractivity contribution < 1.29 is 14.3 Å². The molecule has 2 fully saturated rings. The molecule has 0 spiro atoms. The van der Waals surface area contributed by atoms with Crippen molar-refractivity contribution in [2.75, 3.05) is 45.9 Å². The van der Waals surface area contributed by atoms with Crippen molar-refractivity contribution in [3.05, 3.63) is 68.8 Å². The second-order valence-corrected chi connectivity index (χ2v) is 11.3. The lowest BCUT2D eigenvalue weighted by molar-refractivity contribution is 0.0341. The van der Waals surface area contributed by atoms with Crippen LogP contribution in [0.25, 0.3) is 10.9 Å². The number of hydrogen-bond acceptors (Lipinski definition) is 6. The predicted molar refractivity (Wildman–Crippen MR) is 152 cm³/mol. The average molecular weight is 553 g/mol. The van der Waals surface area contributed by atoms with Crippen LogP contribution in [0, 0.1) is 4.51 Å². The highest BCUT2D eigenvalue weighted by atomic mass is 35.5. The SMILES string of the molecule is O=C(NCc1ccc(Cl)cc1)c1cn2c3c(cc(CN4CCOCC4)cc3c1=S)OC(CN1CCCC1)C2. The van der Waals surface area contributed by atoms with Gasteiger partial charge in [-0.15, -0.1) is 0 Å². The van der Waals surface area contributed by atoms with Crippen molar-refractivity contribution in [3.63, 3.8) is 0 Å². The molecule has 0 aliphatic carbocycles. The fraction of sp³-hybridized carbons (Fsp3) is 0.448. The van der Waals surface area contributed by atoms with Crippen molar-refractivity contribution in [1.82, 2.24) is 19.7 Å². The normalized spacial score (nSPS) is 20.0. The second-order valence-electron chi connectivity index (χ2n) is 10.5. The zero-order valence-corrected chi connectivity index (χ0v) is 23.0. The molecule has 9 heteroatoms. The molecule has 0 saturated carbocycles. The fourth-order valence-corrected chi connectivity index (χ4v) is 6.15. The molecule has 1 aromatic heterocycles. The number of hydrogen-bond donors (Lipinski definition) is 1. The van der Waals surface area contributed by atoms with Crippen LogP contribution in [-0.4, -0.2) is 72.3 Å². The summed E-state index contributed by atoms with van der Waals surface area (Å²) in [5, 5.41) is 4.63. The third kappa shape index (κ3) is 5.60. The van der Waals surface area contributed by atoms with E-state index in [1.807, 2.05) is 30.5 Å². The van der Waals surface area contributed by atoms with Crippen LogP contribution < -0.4 is 10.1 Å². The van der Waals surface area contributed by atoms with Gasteiger partial charge in [0.05, 0.1) is 35.3 Å². The summed E-state index contributed by atoms with van der Waals surface area (Å²) in [4.78, 5) is 18.3. The molecule has 1 amide bonds. The summed E-state index contributed by atoms with van der Waals surface area (Å²) < 4.78 is 14.9. The molecule has 1 unspecified atom stereocenters. The van der Waals surface area contributed by atoms with Gasteiger partial charge in [-0.2, -0.15) is 0 Å². The predicted octanol–water partition coefficient (Wildman–Crippen LogP) is 4.64. The lowest BCUT2D eigenvalue weighted by Crippen LogP contribution is -2.39. The summed E-state index contributed by atoms with van der Waals surface area (Å²) in [6.45, 7) is 8.32. The molecule has 1 atom stereocenters. The van der Waals surface area contributed by atoms with Gasteiger partial charge in [0, 0.05) is 49.3 Å². The minimum absolute atomic E-state index is 0.0217. The van der Waals surface area contributed by atoms with Crippen molar-refractivity contribution in [3.8, 4) is 5.75 Å².